The Morgan fingerprint density at radius 2 is 1.69 bits per heavy atom. The van der Waals surface area contributed by atoms with Gasteiger partial charge >= 0.3 is 5.97 Å². The van der Waals surface area contributed by atoms with Gasteiger partial charge in [-0.2, -0.15) is 0 Å². The van der Waals surface area contributed by atoms with Crippen molar-refractivity contribution in [2.24, 2.45) is 0 Å². The number of carbonyl (C=O) groups excluding carboxylic acids is 1. The highest BCUT2D eigenvalue weighted by Crippen LogP contribution is 2.38. The van der Waals surface area contributed by atoms with Gasteiger partial charge in [0.05, 0.1) is 28.0 Å². The van der Waals surface area contributed by atoms with Crippen molar-refractivity contribution < 1.29 is 29.3 Å². The first-order valence-electron chi connectivity index (χ1n) is 9.38. The second-order valence-corrected chi connectivity index (χ2v) is 8.48. The monoisotopic (exact) mass is 563 g/mol. The lowest BCUT2D eigenvalue weighted by atomic mass is 10.1. The molecule has 1 amide bonds. The topological polar surface area (TPSA) is 105 Å². The Balaban J connectivity index is 1.77. The summed E-state index contributed by atoms with van der Waals surface area (Å²) in [5.41, 5.74) is 1.49. The van der Waals surface area contributed by atoms with E-state index in [0.29, 0.717) is 31.8 Å². The zero-order chi connectivity index (χ0) is 23.3. The Kier molecular flexibility index (Phi) is 7.76. The molecule has 7 nitrogen and oxygen atoms in total. The first kappa shape index (κ1) is 23.6. The van der Waals surface area contributed by atoms with Gasteiger partial charge in [-0.05, 0) is 85.5 Å². The van der Waals surface area contributed by atoms with Gasteiger partial charge in [0, 0.05) is 6.54 Å². The van der Waals surface area contributed by atoms with Crippen LogP contribution in [0.2, 0.25) is 0 Å². The van der Waals surface area contributed by atoms with Crippen LogP contribution in [-0.2, 0) is 17.8 Å². The number of phenols is 1. The Labute approximate surface area is 201 Å². The summed E-state index contributed by atoms with van der Waals surface area (Å²) in [4.78, 5) is 23.6. The average molecular weight is 565 g/mol. The van der Waals surface area contributed by atoms with Crippen molar-refractivity contribution >= 4 is 43.7 Å². The van der Waals surface area contributed by atoms with Gasteiger partial charge in [-0.3, -0.25) is 9.59 Å². The maximum absolute atomic E-state index is 12.6. The molecule has 3 aromatic rings. The summed E-state index contributed by atoms with van der Waals surface area (Å²) in [6, 6.07) is 14.9. The molecule has 0 spiro atoms. The summed E-state index contributed by atoms with van der Waals surface area (Å²) < 4.78 is 12.2. The number of nitrogens with one attached hydrogen (secondary N) is 1. The number of ether oxygens (including phenoxy) is 2. The Hall–Kier alpha value is -3.04. The zero-order valence-corrected chi connectivity index (χ0v) is 20.1. The first-order valence-corrected chi connectivity index (χ1v) is 11.0. The number of aromatic hydroxyl groups is 1. The van der Waals surface area contributed by atoms with Crippen LogP contribution in [0.25, 0.3) is 0 Å². The number of carbonyl (C=O) groups is 2. The van der Waals surface area contributed by atoms with Crippen LogP contribution in [-0.4, -0.2) is 29.2 Å². The van der Waals surface area contributed by atoms with Crippen LogP contribution in [0.5, 0.6) is 23.0 Å². The smallest absolute Gasteiger partial charge is 0.307 e. The number of hydrogen-bond acceptors (Lipinski definition) is 5. The molecule has 9 heteroatoms. The zero-order valence-electron chi connectivity index (χ0n) is 16.9. The number of hydrogen-bond donors (Lipinski definition) is 3. The minimum Gasteiger partial charge on any atom is -0.507 e. The quantitative estimate of drug-likeness (QED) is 0.344. The van der Waals surface area contributed by atoms with E-state index >= 15 is 0 Å². The van der Waals surface area contributed by atoms with Crippen LogP contribution >= 0.6 is 31.9 Å². The number of carboxylic acid groups (broad SMARTS) is 1. The lowest BCUT2D eigenvalue weighted by molar-refractivity contribution is -0.136. The molecule has 0 fully saturated rings. The van der Waals surface area contributed by atoms with E-state index in [2.05, 4.69) is 37.2 Å². The van der Waals surface area contributed by atoms with Crippen molar-refractivity contribution in [3.05, 3.63) is 80.2 Å². The number of benzene rings is 3. The molecule has 0 radical (unpaired) electrons. The largest absolute Gasteiger partial charge is 0.507 e. The number of carboxylic acids is 1. The highest BCUT2D eigenvalue weighted by atomic mass is 79.9. The molecule has 0 saturated heterocycles. The third-order valence-electron chi connectivity index (χ3n) is 4.43. The van der Waals surface area contributed by atoms with Gasteiger partial charge in [0.1, 0.15) is 17.2 Å². The fourth-order valence-corrected chi connectivity index (χ4v) is 4.37. The number of methoxy groups -OCH3 is 1. The Morgan fingerprint density at radius 1 is 0.969 bits per heavy atom. The third-order valence-corrected chi connectivity index (χ3v) is 5.61. The van der Waals surface area contributed by atoms with Gasteiger partial charge in [0.15, 0.2) is 5.75 Å². The second-order valence-electron chi connectivity index (χ2n) is 6.77. The van der Waals surface area contributed by atoms with Crippen molar-refractivity contribution in [2.45, 2.75) is 13.0 Å². The molecule has 0 heterocycles. The third kappa shape index (κ3) is 6.02. The molecule has 0 unspecified atom stereocenters. The molecule has 3 aromatic carbocycles. The molecule has 3 N–H and O–H groups in total. The van der Waals surface area contributed by atoms with Crippen LogP contribution in [0.15, 0.2) is 63.5 Å². The Morgan fingerprint density at radius 3 is 2.34 bits per heavy atom. The van der Waals surface area contributed by atoms with Gasteiger partial charge in [0.25, 0.3) is 5.91 Å². The van der Waals surface area contributed by atoms with Crippen molar-refractivity contribution in [3.8, 4) is 23.0 Å². The number of aliphatic carboxylic acids is 1. The molecule has 0 atom stereocenters. The number of amides is 1. The van der Waals surface area contributed by atoms with E-state index in [1.165, 1.54) is 18.2 Å². The molecule has 0 bridgehead atoms. The average Bonchev–Trinajstić information content (AvgIpc) is 2.75. The van der Waals surface area contributed by atoms with E-state index in [1.54, 1.807) is 19.2 Å². The molecular formula is C23H19Br2NO6. The van der Waals surface area contributed by atoms with Crippen molar-refractivity contribution in [1.29, 1.82) is 0 Å². The summed E-state index contributed by atoms with van der Waals surface area (Å²) in [5.74, 6) is -0.184. The van der Waals surface area contributed by atoms with Crippen LogP contribution in [0.4, 0.5) is 0 Å². The van der Waals surface area contributed by atoms with E-state index < -0.39 is 11.9 Å². The lowest BCUT2D eigenvalue weighted by Gasteiger charge is -2.13. The van der Waals surface area contributed by atoms with E-state index in [4.69, 9.17) is 14.6 Å². The van der Waals surface area contributed by atoms with Crippen LogP contribution in [0.3, 0.4) is 0 Å². The highest BCUT2D eigenvalue weighted by molar-refractivity contribution is 9.11. The molecule has 3 rings (SSSR count). The minimum absolute atomic E-state index is 0.0557. The van der Waals surface area contributed by atoms with Gasteiger partial charge < -0.3 is 25.0 Å². The predicted octanol–water partition coefficient (Wildman–Crippen LogP) is 5.28. The van der Waals surface area contributed by atoms with Crippen molar-refractivity contribution in [1.82, 2.24) is 5.32 Å². The number of phenolic OH excluding ortho intramolecular Hbond substituents is 1. The molecule has 0 saturated carbocycles. The van der Waals surface area contributed by atoms with Crippen LogP contribution in [0, 0.1) is 0 Å². The molecule has 166 valence electrons. The minimum atomic E-state index is -0.944. The van der Waals surface area contributed by atoms with E-state index in [9.17, 15) is 14.7 Å². The molecule has 0 aliphatic carbocycles. The number of rotatable bonds is 8. The fraction of sp³-hybridized carbons (Fsp3) is 0.130. The van der Waals surface area contributed by atoms with Crippen LogP contribution in [0.1, 0.15) is 21.5 Å². The highest BCUT2D eigenvalue weighted by Gasteiger charge is 2.16. The second kappa shape index (κ2) is 10.5. The summed E-state index contributed by atoms with van der Waals surface area (Å²) in [6.45, 7) is 0.253. The summed E-state index contributed by atoms with van der Waals surface area (Å²) >= 11 is 6.77. The molecule has 0 aliphatic heterocycles. The lowest BCUT2D eigenvalue weighted by Crippen LogP contribution is -2.22. The molecule has 0 aliphatic rings. The van der Waals surface area contributed by atoms with Crippen molar-refractivity contribution in [2.75, 3.05) is 7.11 Å². The molecular weight excluding hydrogens is 546 g/mol. The van der Waals surface area contributed by atoms with E-state index in [0.717, 1.165) is 5.56 Å². The van der Waals surface area contributed by atoms with Gasteiger partial charge in [-0.25, -0.2) is 0 Å². The first-order chi connectivity index (χ1) is 15.3. The van der Waals surface area contributed by atoms with Gasteiger partial charge in [0.2, 0.25) is 0 Å². The van der Waals surface area contributed by atoms with Gasteiger partial charge in [-0.1, -0.05) is 12.1 Å². The van der Waals surface area contributed by atoms with Crippen LogP contribution < -0.4 is 14.8 Å². The standard InChI is InChI=1S/C23H19Br2NO6/c1-31-15-4-2-3-13(7-15)12-26-23(30)17-11-16(5-6-20(17)27)32-22-18(24)8-14(9-19(22)25)10-21(28)29/h2-9,11,27H,10,12H2,1H3,(H,26,30)(H,28,29). The molecule has 0 aromatic heterocycles. The summed E-state index contributed by atoms with van der Waals surface area (Å²) in [7, 11) is 1.57. The maximum atomic E-state index is 12.6. The summed E-state index contributed by atoms with van der Waals surface area (Å²) in [5, 5.41) is 21.9. The Bertz CT molecular complexity index is 1140. The fourth-order valence-electron chi connectivity index (χ4n) is 2.92. The van der Waals surface area contributed by atoms with Crippen molar-refractivity contribution in [3.63, 3.8) is 0 Å². The predicted molar refractivity (Wildman–Crippen MR) is 126 cm³/mol. The SMILES string of the molecule is COc1cccc(CNC(=O)c2cc(Oc3c(Br)cc(CC(=O)O)cc3Br)ccc2O)c1. The normalized spacial score (nSPS) is 10.5. The summed E-state index contributed by atoms with van der Waals surface area (Å²) in [6.07, 6.45) is -0.131. The number of halogens is 2. The van der Waals surface area contributed by atoms with Gasteiger partial charge in [-0.15, -0.1) is 0 Å². The molecule has 32 heavy (non-hydrogen) atoms. The maximum Gasteiger partial charge on any atom is 0.307 e. The van der Waals surface area contributed by atoms with E-state index in [-0.39, 0.29) is 24.3 Å². The van der Waals surface area contributed by atoms with E-state index in [1.807, 2.05) is 24.3 Å².